The average Bonchev–Trinajstić information content (AvgIpc) is 1.89. The Balaban J connectivity index is 3.46. The molecule has 0 bridgehead atoms. The number of carbonyl (C=O) groups is 1. The van der Waals surface area contributed by atoms with E-state index in [0.29, 0.717) is 0 Å². The molecule has 0 heterocycles. The van der Waals surface area contributed by atoms with Crippen molar-refractivity contribution in [2.75, 3.05) is 5.75 Å². The van der Waals surface area contributed by atoms with E-state index < -0.39 is 0 Å². The Kier molecular flexibility index (Phi) is 4.45. The van der Waals surface area contributed by atoms with Gasteiger partial charge >= 0.3 is 0 Å². The van der Waals surface area contributed by atoms with Gasteiger partial charge in [0.25, 0.3) is 0 Å². The molecule has 0 rings (SSSR count). The quantitative estimate of drug-likeness (QED) is 0.347. The molecule has 0 saturated carbocycles. The van der Waals surface area contributed by atoms with E-state index in [1.165, 1.54) is 0 Å². The second-order valence-electron chi connectivity index (χ2n) is 2.65. The first-order valence-corrected chi connectivity index (χ1v) is 4.32. The van der Waals surface area contributed by atoms with Crippen molar-refractivity contribution in [1.29, 1.82) is 0 Å². The van der Waals surface area contributed by atoms with Gasteiger partial charge in [0, 0.05) is 0 Å². The molecule has 0 aromatic carbocycles. The molecule has 2 heteroatoms. The average molecular weight is 158 g/mol. The third-order valence-electron chi connectivity index (χ3n) is 1.08. The summed E-state index contributed by atoms with van der Waals surface area (Å²) in [4.78, 5) is 10.4. The summed E-state index contributed by atoms with van der Waals surface area (Å²) < 4.78 is -0.219. The lowest BCUT2D eigenvalue weighted by Crippen LogP contribution is -2.16. The minimum Gasteiger partial charge on any atom is -0.302 e. The molecule has 1 nitrogen and oxygen atoms in total. The molecule has 0 atom stereocenters. The maximum atomic E-state index is 10.4. The molecule has 0 spiro atoms. The molecule has 58 valence electrons. The van der Waals surface area contributed by atoms with E-state index in [1.807, 2.05) is 19.9 Å². The van der Waals surface area contributed by atoms with Gasteiger partial charge < -0.3 is 4.79 Å². The van der Waals surface area contributed by atoms with Crippen molar-refractivity contribution in [2.45, 2.75) is 25.0 Å². The van der Waals surface area contributed by atoms with Gasteiger partial charge in [0.05, 0.1) is 4.75 Å². The van der Waals surface area contributed by atoms with Crippen LogP contribution in [-0.4, -0.2) is 16.8 Å². The minimum atomic E-state index is -0.219. The summed E-state index contributed by atoms with van der Waals surface area (Å²) in [5.41, 5.74) is 0. The Morgan fingerprint density at radius 2 is 2.20 bits per heavy atom. The third-order valence-corrected chi connectivity index (χ3v) is 2.36. The zero-order valence-electron chi connectivity index (χ0n) is 6.59. The van der Waals surface area contributed by atoms with Gasteiger partial charge in [-0.3, -0.25) is 0 Å². The van der Waals surface area contributed by atoms with Crippen LogP contribution in [0, 0.1) is 0 Å². The van der Waals surface area contributed by atoms with Crippen LogP contribution in [0.25, 0.3) is 0 Å². The van der Waals surface area contributed by atoms with E-state index in [1.54, 1.807) is 11.8 Å². The maximum absolute atomic E-state index is 10.4. The van der Waals surface area contributed by atoms with Crippen LogP contribution < -0.4 is 0 Å². The predicted molar refractivity (Wildman–Crippen MR) is 47.4 cm³/mol. The molecule has 0 fully saturated rings. The van der Waals surface area contributed by atoms with Crippen LogP contribution in [0.1, 0.15) is 20.3 Å². The molecular weight excluding hydrogens is 144 g/mol. The zero-order chi connectivity index (χ0) is 8.04. The highest BCUT2D eigenvalue weighted by molar-refractivity contribution is 8.01. The van der Waals surface area contributed by atoms with Crippen molar-refractivity contribution >= 4 is 18.0 Å². The summed E-state index contributed by atoms with van der Waals surface area (Å²) in [6.07, 6.45) is 3.83. The maximum Gasteiger partial charge on any atom is 0.135 e. The van der Waals surface area contributed by atoms with E-state index in [2.05, 4.69) is 6.58 Å². The lowest BCUT2D eigenvalue weighted by molar-refractivity contribution is -0.109. The van der Waals surface area contributed by atoms with Crippen molar-refractivity contribution in [3.8, 4) is 0 Å². The van der Waals surface area contributed by atoms with Crippen LogP contribution in [-0.2, 0) is 4.79 Å². The second kappa shape index (κ2) is 4.56. The van der Waals surface area contributed by atoms with Crippen molar-refractivity contribution in [3.63, 3.8) is 0 Å². The highest BCUT2D eigenvalue weighted by Gasteiger charge is 2.15. The van der Waals surface area contributed by atoms with Crippen LogP contribution in [0.15, 0.2) is 12.7 Å². The summed E-state index contributed by atoms with van der Waals surface area (Å²) in [6.45, 7) is 7.45. The predicted octanol–water partition coefficient (Wildman–Crippen LogP) is 2.27. The first-order chi connectivity index (χ1) is 4.62. The van der Waals surface area contributed by atoms with Gasteiger partial charge in [-0.05, 0) is 26.0 Å². The highest BCUT2D eigenvalue weighted by atomic mass is 32.2. The van der Waals surface area contributed by atoms with Crippen LogP contribution in [0.5, 0.6) is 0 Å². The number of thioether (sulfide) groups is 1. The summed E-state index contributed by atoms with van der Waals surface area (Å²) in [5, 5.41) is 0. The van der Waals surface area contributed by atoms with Gasteiger partial charge in [-0.1, -0.05) is 6.08 Å². The molecule has 0 radical (unpaired) electrons. The van der Waals surface area contributed by atoms with E-state index in [4.69, 9.17) is 0 Å². The smallest absolute Gasteiger partial charge is 0.135 e. The largest absolute Gasteiger partial charge is 0.302 e. The summed E-state index contributed by atoms with van der Waals surface area (Å²) in [7, 11) is 0. The number of aldehydes is 1. The fraction of sp³-hybridized carbons (Fsp3) is 0.625. The summed E-state index contributed by atoms with van der Waals surface area (Å²) in [6, 6.07) is 0. The molecule has 0 N–H and O–H groups in total. The Hall–Kier alpha value is -0.240. The van der Waals surface area contributed by atoms with Crippen LogP contribution in [0.2, 0.25) is 0 Å². The number of rotatable bonds is 5. The van der Waals surface area contributed by atoms with Crippen LogP contribution in [0.4, 0.5) is 0 Å². The second-order valence-corrected chi connectivity index (χ2v) is 4.40. The van der Waals surface area contributed by atoms with Gasteiger partial charge in [-0.25, -0.2) is 0 Å². The van der Waals surface area contributed by atoms with Crippen LogP contribution >= 0.6 is 11.8 Å². The number of allylic oxidation sites excluding steroid dienone is 1. The SMILES string of the molecule is C=CCCSC(C)(C)C=O. The molecular formula is C8H14OS. The normalized spacial score (nSPS) is 11.0. The van der Waals surface area contributed by atoms with Gasteiger partial charge in [-0.2, -0.15) is 0 Å². The Morgan fingerprint density at radius 1 is 1.60 bits per heavy atom. The number of hydrogen-bond acceptors (Lipinski definition) is 2. The molecule has 0 unspecified atom stereocenters. The monoisotopic (exact) mass is 158 g/mol. The molecule has 0 aliphatic carbocycles. The highest BCUT2D eigenvalue weighted by Crippen LogP contribution is 2.21. The molecule has 0 aromatic heterocycles. The molecule has 0 aliphatic rings. The van der Waals surface area contributed by atoms with Crippen LogP contribution in [0.3, 0.4) is 0 Å². The number of carbonyl (C=O) groups excluding carboxylic acids is 1. The van der Waals surface area contributed by atoms with Crippen molar-refractivity contribution in [2.24, 2.45) is 0 Å². The van der Waals surface area contributed by atoms with Gasteiger partial charge in [0.1, 0.15) is 6.29 Å². The lowest BCUT2D eigenvalue weighted by Gasteiger charge is -2.14. The Bertz CT molecular complexity index is 118. The van der Waals surface area contributed by atoms with E-state index in [0.717, 1.165) is 18.5 Å². The van der Waals surface area contributed by atoms with E-state index in [-0.39, 0.29) is 4.75 Å². The van der Waals surface area contributed by atoms with Crippen molar-refractivity contribution in [1.82, 2.24) is 0 Å². The van der Waals surface area contributed by atoms with E-state index in [9.17, 15) is 4.79 Å². The Morgan fingerprint density at radius 3 is 2.60 bits per heavy atom. The molecule has 0 aliphatic heterocycles. The molecule has 0 aromatic rings. The van der Waals surface area contributed by atoms with Crippen molar-refractivity contribution in [3.05, 3.63) is 12.7 Å². The minimum absolute atomic E-state index is 0.219. The summed E-state index contributed by atoms with van der Waals surface area (Å²) >= 11 is 1.66. The first-order valence-electron chi connectivity index (χ1n) is 3.33. The lowest BCUT2D eigenvalue weighted by atomic mass is 10.2. The fourth-order valence-corrected chi connectivity index (χ4v) is 1.32. The molecule has 0 saturated heterocycles. The van der Waals surface area contributed by atoms with Gasteiger partial charge in [0.2, 0.25) is 0 Å². The van der Waals surface area contributed by atoms with Gasteiger partial charge in [0.15, 0.2) is 0 Å². The molecule has 10 heavy (non-hydrogen) atoms. The summed E-state index contributed by atoms with van der Waals surface area (Å²) in [5.74, 6) is 0.981. The number of hydrogen-bond donors (Lipinski definition) is 0. The third kappa shape index (κ3) is 4.62. The van der Waals surface area contributed by atoms with E-state index >= 15 is 0 Å². The first kappa shape index (κ1) is 9.76. The zero-order valence-corrected chi connectivity index (χ0v) is 7.41. The fourth-order valence-electron chi connectivity index (χ4n) is 0.439. The molecule has 0 amide bonds. The standard InChI is InChI=1S/C8H14OS/c1-4-5-6-10-8(2,3)7-9/h4,7H,1,5-6H2,2-3H3. The van der Waals surface area contributed by atoms with Gasteiger partial charge in [-0.15, -0.1) is 18.3 Å². The Labute approximate surface area is 66.9 Å². The topological polar surface area (TPSA) is 17.1 Å². The van der Waals surface area contributed by atoms with Crippen molar-refractivity contribution < 1.29 is 4.79 Å².